The summed E-state index contributed by atoms with van der Waals surface area (Å²) in [6.45, 7) is 1.85. The van der Waals surface area contributed by atoms with Crippen LogP contribution in [0.25, 0.3) is 11.1 Å². The van der Waals surface area contributed by atoms with Crippen molar-refractivity contribution < 1.29 is 8.78 Å². The lowest BCUT2D eigenvalue weighted by atomic mass is 9.97. The summed E-state index contributed by atoms with van der Waals surface area (Å²) in [4.78, 5) is 0. The molecule has 18 heavy (non-hydrogen) atoms. The standard InChI is InChI=1S/C15H11F2N/c1-10-8-11(6-7-18)2-4-13(10)14-5-3-12(16)9-15(14)17/h2-5,8-9H,6H2,1H3. The van der Waals surface area contributed by atoms with Crippen molar-refractivity contribution in [3.05, 3.63) is 59.2 Å². The van der Waals surface area contributed by atoms with E-state index >= 15 is 0 Å². The fraction of sp³-hybridized carbons (Fsp3) is 0.133. The van der Waals surface area contributed by atoms with E-state index in [-0.39, 0.29) is 0 Å². The van der Waals surface area contributed by atoms with Crippen molar-refractivity contribution in [2.45, 2.75) is 13.3 Å². The fourth-order valence-electron chi connectivity index (χ4n) is 1.94. The van der Waals surface area contributed by atoms with Crippen molar-refractivity contribution >= 4 is 0 Å². The molecule has 0 aliphatic heterocycles. The van der Waals surface area contributed by atoms with E-state index in [2.05, 4.69) is 6.07 Å². The monoisotopic (exact) mass is 243 g/mol. The third-order valence-corrected chi connectivity index (χ3v) is 2.80. The number of nitrogens with zero attached hydrogens (tertiary/aromatic N) is 1. The van der Waals surface area contributed by atoms with Crippen LogP contribution in [-0.2, 0) is 6.42 Å². The third kappa shape index (κ3) is 2.38. The Morgan fingerprint density at radius 2 is 1.78 bits per heavy atom. The van der Waals surface area contributed by atoms with Gasteiger partial charge in [0.05, 0.1) is 12.5 Å². The minimum atomic E-state index is -0.588. The van der Waals surface area contributed by atoms with Crippen LogP contribution < -0.4 is 0 Å². The van der Waals surface area contributed by atoms with Crippen molar-refractivity contribution in [3.8, 4) is 17.2 Å². The number of aryl methyl sites for hydroxylation is 1. The molecule has 0 aliphatic carbocycles. The minimum Gasteiger partial charge on any atom is -0.207 e. The summed E-state index contributed by atoms with van der Waals surface area (Å²) in [5.41, 5.74) is 2.85. The highest BCUT2D eigenvalue weighted by atomic mass is 19.1. The summed E-state index contributed by atoms with van der Waals surface area (Å²) in [6, 6.07) is 11.0. The van der Waals surface area contributed by atoms with E-state index in [0.29, 0.717) is 17.5 Å². The molecule has 0 aliphatic rings. The molecular weight excluding hydrogens is 232 g/mol. The van der Waals surface area contributed by atoms with Crippen molar-refractivity contribution in [1.82, 2.24) is 0 Å². The zero-order valence-electron chi connectivity index (χ0n) is 9.87. The van der Waals surface area contributed by atoms with Crippen LogP contribution in [0.3, 0.4) is 0 Å². The van der Waals surface area contributed by atoms with Gasteiger partial charge in [-0.3, -0.25) is 0 Å². The van der Waals surface area contributed by atoms with Gasteiger partial charge >= 0.3 is 0 Å². The molecule has 90 valence electrons. The predicted octanol–water partition coefficient (Wildman–Crippen LogP) is 4.01. The van der Waals surface area contributed by atoms with E-state index in [0.717, 1.165) is 17.2 Å². The Kier molecular flexibility index (Phi) is 3.38. The first-order valence-electron chi connectivity index (χ1n) is 5.53. The molecule has 0 saturated carbocycles. The van der Waals surface area contributed by atoms with Gasteiger partial charge in [0.2, 0.25) is 0 Å². The summed E-state index contributed by atoms with van der Waals surface area (Å²) in [6.07, 6.45) is 0.326. The molecule has 0 N–H and O–H groups in total. The summed E-state index contributed by atoms with van der Waals surface area (Å²) in [5, 5.41) is 8.62. The van der Waals surface area contributed by atoms with Crippen molar-refractivity contribution in [2.24, 2.45) is 0 Å². The summed E-state index contributed by atoms with van der Waals surface area (Å²) >= 11 is 0. The fourth-order valence-corrected chi connectivity index (χ4v) is 1.94. The van der Waals surface area contributed by atoms with Gasteiger partial charge in [-0.2, -0.15) is 5.26 Å². The number of benzene rings is 2. The normalized spacial score (nSPS) is 10.1. The highest BCUT2D eigenvalue weighted by Crippen LogP contribution is 2.27. The van der Waals surface area contributed by atoms with E-state index < -0.39 is 11.6 Å². The molecule has 1 nitrogen and oxygen atoms in total. The molecule has 0 unspecified atom stereocenters. The SMILES string of the molecule is Cc1cc(CC#N)ccc1-c1ccc(F)cc1F. The Labute approximate surface area is 104 Å². The highest BCUT2D eigenvalue weighted by Gasteiger charge is 2.09. The number of hydrogen-bond donors (Lipinski definition) is 0. The van der Waals surface area contributed by atoms with Gasteiger partial charge in [-0.15, -0.1) is 0 Å². The van der Waals surface area contributed by atoms with Gasteiger partial charge in [0.1, 0.15) is 11.6 Å². The second-order valence-electron chi connectivity index (χ2n) is 4.11. The molecule has 2 aromatic rings. The molecule has 0 aromatic heterocycles. The Morgan fingerprint density at radius 1 is 1.06 bits per heavy atom. The second kappa shape index (κ2) is 4.97. The summed E-state index contributed by atoms with van der Waals surface area (Å²) in [7, 11) is 0. The molecule has 2 rings (SSSR count). The maximum Gasteiger partial charge on any atom is 0.133 e. The van der Waals surface area contributed by atoms with Gasteiger partial charge in [-0.25, -0.2) is 8.78 Å². The molecule has 0 radical (unpaired) electrons. The van der Waals surface area contributed by atoms with Crippen LogP contribution >= 0.6 is 0 Å². The molecule has 0 heterocycles. The Balaban J connectivity index is 2.48. The van der Waals surface area contributed by atoms with E-state index in [9.17, 15) is 8.78 Å². The Hall–Kier alpha value is -2.21. The van der Waals surface area contributed by atoms with Crippen LogP contribution in [-0.4, -0.2) is 0 Å². The lowest BCUT2D eigenvalue weighted by Gasteiger charge is -2.08. The average Bonchev–Trinajstić information content (AvgIpc) is 2.31. The second-order valence-corrected chi connectivity index (χ2v) is 4.11. The van der Waals surface area contributed by atoms with Gasteiger partial charge in [-0.05, 0) is 35.7 Å². The maximum atomic E-state index is 13.7. The molecule has 0 fully saturated rings. The molecule has 0 saturated heterocycles. The maximum absolute atomic E-state index is 13.7. The van der Waals surface area contributed by atoms with Crippen LogP contribution in [0.1, 0.15) is 11.1 Å². The van der Waals surface area contributed by atoms with Crippen molar-refractivity contribution in [3.63, 3.8) is 0 Å². The van der Waals surface area contributed by atoms with Crippen molar-refractivity contribution in [1.29, 1.82) is 5.26 Å². The first kappa shape index (κ1) is 12.3. The lowest BCUT2D eigenvalue weighted by molar-refractivity contribution is 0.585. The molecule has 2 aromatic carbocycles. The number of halogens is 2. The van der Waals surface area contributed by atoms with Crippen LogP contribution in [0.5, 0.6) is 0 Å². The third-order valence-electron chi connectivity index (χ3n) is 2.80. The van der Waals surface area contributed by atoms with Gasteiger partial charge in [0.15, 0.2) is 0 Å². The average molecular weight is 243 g/mol. The van der Waals surface area contributed by atoms with E-state index in [1.54, 1.807) is 12.1 Å². The number of hydrogen-bond acceptors (Lipinski definition) is 1. The number of rotatable bonds is 2. The lowest BCUT2D eigenvalue weighted by Crippen LogP contribution is -1.91. The summed E-state index contributed by atoms with van der Waals surface area (Å²) < 4.78 is 26.5. The van der Waals surface area contributed by atoms with Crippen LogP contribution in [0, 0.1) is 29.9 Å². The van der Waals surface area contributed by atoms with Crippen LogP contribution in [0.2, 0.25) is 0 Å². The van der Waals surface area contributed by atoms with Crippen LogP contribution in [0.15, 0.2) is 36.4 Å². The Morgan fingerprint density at radius 3 is 2.39 bits per heavy atom. The molecule has 0 amide bonds. The first-order valence-corrected chi connectivity index (χ1v) is 5.53. The highest BCUT2D eigenvalue weighted by molar-refractivity contribution is 5.68. The van der Waals surface area contributed by atoms with E-state index in [1.165, 1.54) is 12.1 Å². The number of nitriles is 1. The topological polar surface area (TPSA) is 23.8 Å². The zero-order valence-corrected chi connectivity index (χ0v) is 9.87. The molecular formula is C15H11F2N. The van der Waals surface area contributed by atoms with Crippen LogP contribution in [0.4, 0.5) is 8.78 Å². The summed E-state index contributed by atoms with van der Waals surface area (Å²) in [5.74, 6) is -1.17. The molecule has 0 atom stereocenters. The Bertz CT molecular complexity index is 627. The van der Waals surface area contributed by atoms with E-state index in [4.69, 9.17) is 5.26 Å². The van der Waals surface area contributed by atoms with Gasteiger partial charge < -0.3 is 0 Å². The molecule has 0 bridgehead atoms. The van der Waals surface area contributed by atoms with Crippen molar-refractivity contribution in [2.75, 3.05) is 0 Å². The van der Waals surface area contributed by atoms with E-state index in [1.807, 2.05) is 13.0 Å². The zero-order chi connectivity index (χ0) is 13.1. The quantitative estimate of drug-likeness (QED) is 0.781. The predicted molar refractivity (Wildman–Crippen MR) is 65.8 cm³/mol. The molecule has 3 heteroatoms. The van der Waals surface area contributed by atoms with Gasteiger partial charge in [-0.1, -0.05) is 18.2 Å². The minimum absolute atomic E-state index is 0.326. The van der Waals surface area contributed by atoms with Gasteiger partial charge in [0, 0.05) is 11.6 Å². The first-order chi connectivity index (χ1) is 8.61. The largest absolute Gasteiger partial charge is 0.207 e. The molecule has 0 spiro atoms. The smallest absolute Gasteiger partial charge is 0.133 e. The van der Waals surface area contributed by atoms with Gasteiger partial charge in [0.25, 0.3) is 0 Å².